The molecule has 1 unspecified atom stereocenters. The van der Waals surface area contributed by atoms with E-state index in [0.717, 1.165) is 37.4 Å². The first-order valence-corrected chi connectivity index (χ1v) is 7.63. The number of methoxy groups -OCH3 is 1. The van der Waals surface area contributed by atoms with Gasteiger partial charge in [0.1, 0.15) is 5.75 Å². The summed E-state index contributed by atoms with van der Waals surface area (Å²) in [5.41, 5.74) is 0.503. The first kappa shape index (κ1) is 15.8. The van der Waals surface area contributed by atoms with Gasteiger partial charge in [0.05, 0.1) is 12.5 Å². The summed E-state index contributed by atoms with van der Waals surface area (Å²) in [5.74, 6) is 1.01. The predicted octanol–water partition coefficient (Wildman–Crippen LogP) is 2.18. The second kappa shape index (κ2) is 6.48. The van der Waals surface area contributed by atoms with Crippen LogP contribution in [0.1, 0.15) is 32.8 Å². The van der Waals surface area contributed by atoms with Gasteiger partial charge >= 0.3 is 0 Å². The molecule has 0 bridgehead atoms. The number of nitrogens with one attached hydrogen (secondary N) is 1. The van der Waals surface area contributed by atoms with Gasteiger partial charge in [0.25, 0.3) is 0 Å². The lowest BCUT2D eigenvalue weighted by molar-refractivity contribution is -0.138. The van der Waals surface area contributed by atoms with Gasteiger partial charge in [0.2, 0.25) is 5.91 Å². The average Bonchev–Trinajstić information content (AvgIpc) is 2.71. The zero-order chi connectivity index (χ0) is 15.5. The van der Waals surface area contributed by atoms with Gasteiger partial charge in [0.15, 0.2) is 0 Å². The highest BCUT2D eigenvalue weighted by atomic mass is 16.5. The average molecular weight is 290 g/mol. The Balaban J connectivity index is 2.21. The maximum absolute atomic E-state index is 13.0. The Hall–Kier alpha value is -1.55. The molecule has 1 aromatic carbocycles. The highest BCUT2D eigenvalue weighted by Gasteiger charge is 2.35. The van der Waals surface area contributed by atoms with Gasteiger partial charge in [-0.1, -0.05) is 12.1 Å². The largest absolute Gasteiger partial charge is 0.497 e. The van der Waals surface area contributed by atoms with Crippen LogP contribution in [-0.4, -0.2) is 43.6 Å². The van der Waals surface area contributed by atoms with Gasteiger partial charge in [-0.05, 0) is 51.4 Å². The van der Waals surface area contributed by atoms with Gasteiger partial charge in [0, 0.05) is 19.1 Å². The molecule has 1 aliphatic rings. The molecule has 1 fully saturated rings. The van der Waals surface area contributed by atoms with Crippen LogP contribution in [0, 0.1) is 0 Å². The molecule has 1 aliphatic heterocycles. The molecule has 1 amide bonds. The summed E-state index contributed by atoms with van der Waals surface area (Å²) in [7, 11) is 1.65. The molecule has 0 saturated carbocycles. The predicted molar refractivity (Wildman–Crippen MR) is 84.7 cm³/mol. The Morgan fingerprint density at radius 1 is 1.29 bits per heavy atom. The topological polar surface area (TPSA) is 41.6 Å². The maximum Gasteiger partial charge on any atom is 0.232 e. The minimum Gasteiger partial charge on any atom is -0.497 e. The fourth-order valence-corrected chi connectivity index (χ4v) is 2.80. The number of carbonyl (C=O) groups excluding carboxylic acids is 1. The fourth-order valence-electron chi connectivity index (χ4n) is 2.80. The second-order valence-electron chi connectivity index (χ2n) is 6.24. The Bertz CT molecular complexity index is 482. The van der Waals surface area contributed by atoms with Crippen molar-refractivity contribution in [1.29, 1.82) is 0 Å². The van der Waals surface area contributed by atoms with Crippen LogP contribution >= 0.6 is 0 Å². The van der Waals surface area contributed by atoms with Crippen LogP contribution in [0.15, 0.2) is 24.3 Å². The number of benzene rings is 1. The molecular weight excluding hydrogens is 264 g/mol. The molecule has 0 spiro atoms. The van der Waals surface area contributed by atoms with Gasteiger partial charge < -0.3 is 15.0 Å². The third-order valence-electron chi connectivity index (χ3n) is 4.41. The molecule has 1 aromatic rings. The van der Waals surface area contributed by atoms with Crippen LogP contribution in [0.25, 0.3) is 0 Å². The van der Waals surface area contributed by atoms with Gasteiger partial charge in [-0.25, -0.2) is 0 Å². The Morgan fingerprint density at radius 2 is 1.95 bits per heavy atom. The van der Waals surface area contributed by atoms with Crippen LogP contribution in [0.2, 0.25) is 0 Å². The van der Waals surface area contributed by atoms with Crippen LogP contribution in [-0.2, 0) is 10.2 Å². The number of amides is 1. The molecular formula is C17H26N2O2. The lowest BCUT2D eigenvalue weighted by atomic mass is 9.82. The molecule has 1 N–H and O–H groups in total. The van der Waals surface area contributed by atoms with Gasteiger partial charge in [-0.2, -0.15) is 0 Å². The van der Waals surface area contributed by atoms with Crippen molar-refractivity contribution in [2.45, 2.75) is 38.6 Å². The minimum atomic E-state index is -0.523. The Kier molecular flexibility index (Phi) is 4.88. The molecule has 2 rings (SSSR count). The van der Waals surface area contributed by atoms with Gasteiger partial charge in [-0.15, -0.1) is 0 Å². The summed E-state index contributed by atoms with van der Waals surface area (Å²) in [6.45, 7) is 8.77. The van der Waals surface area contributed by atoms with Crippen molar-refractivity contribution in [2.24, 2.45) is 0 Å². The molecule has 1 atom stereocenters. The number of nitrogens with zero attached hydrogens (tertiary/aromatic N) is 1. The molecule has 0 aromatic heterocycles. The summed E-state index contributed by atoms with van der Waals surface area (Å²) >= 11 is 0. The number of hydrogen-bond acceptors (Lipinski definition) is 3. The molecule has 4 heteroatoms. The van der Waals surface area contributed by atoms with Crippen LogP contribution < -0.4 is 10.1 Å². The van der Waals surface area contributed by atoms with Crippen molar-refractivity contribution in [3.05, 3.63) is 29.8 Å². The van der Waals surface area contributed by atoms with Crippen molar-refractivity contribution >= 4 is 5.91 Å². The van der Waals surface area contributed by atoms with Crippen LogP contribution in [0.4, 0.5) is 0 Å². The molecule has 21 heavy (non-hydrogen) atoms. The van der Waals surface area contributed by atoms with E-state index in [2.05, 4.69) is 12.2 Å². The normalized spacial score (nSPS) is 20.0. The summed E-state index contributed by atoms with van der Waals surface area (Å²) in [6, 6.07) is 8.08. The van der Waals surface area contributed by atoms with Crippen molar-refractivity contribution in [2.75, 3.05) is 26.7 Å². The first-order valence-electron chi connectivity index (χ1n) is 7.63. The van der Waals surface area contributed by atoms with Crippen molar-refractivity contribution < 1.29 is 9.53 Å². The molecule has 0 aliphatic carbocycles. The number of rotatable bonds is 3. The minimum absolute atomic E-state index is 0.198. The summed E-state index contributed by atoms with van der Waals surface area (Å²) < 4.78 is 5.19. The molecule has 4 nitrogen and oxygen atoms in total. The van der Waals surface area contributed by atoms with Crippen molar-refractivity contribution in [3.8, 4) is 5.75 Å². The number of carbonyl (C=O) groups is 1. The van der Waals surface area contributed by atoms with E-state index in [1.165, 1.54) is 0 Å². The Morgan fingerprint density at radius 3 is 2.57 bits per heavy atom. The lowest BCUT2D eigenvalue weighted by Gasteiger charge is -2.35. The molecule has 116 valence electrons. The molecule has 1 saturated heterocycles. The highest BCUT2D eigenvalue weighted by Crippen LogP contribution is 2.28. The number of ether oxygens (including phenoxy) is 1. The lowest BCUT2D eigenvalue weighted by Crippen LogP contribution is -2.48. The van der Waals surface area contributed by atoms with Crippen molar-refractivity contribution in [3.63, 3.8) is 0 Å². The monoisotopic (exact) mass is 290 g/mol. The quantitative estimate of drug-likeness (QED) is 0.928. The SMILES string of the molecule is COc1ccc(C(C)(C)C(=O)N2CCNCCC2C)cc1. The summed E-state index contributed by atoms with van der Waals surface area (Å²) in [5, 5.41) is 3.36. The maximum atomic E-state index is 13.0. The smallest absolute Gasteiger partial charge is 0.232 e. The first-order chi connectivity index (χ1) is 9.96. The second-order valence-corrected chi connectivity index (χ2v) is 6.24. The van der Waals surface area contributed by atoms with Crippen molar-refractivity contribution in [1.82, 2.24) is 10.2 Å². The van der Waals surface area contributed by atoms with E-state index in [1.807, 2.05) is 43.0 Å². The van der Waals surface area contributed by atoms with Crippen LogP contribution in [0.5, 0.6) is 5.75 Å². The van der Waals surface area contributed by atoms with E-state index in [4.69, 9.17) is 4.74 Å². The van der Waals surface area contributed by atoms with Crippen LogP contribution in [0.3, 0.4) is 0 Å². The third kappa shape index (κ3) is 3.38. The third-order valence-corrected chi connectivity index (χ3v) is 4.41. The molecule has 1 heterocycles. The molecule has 0 radical (unpaired) electrons. The van der Waals surface area contributed by atoms with Gasteiger partial charge in [-0.3, -0.25) is 4.79 Å². The number of hydrogen-bond donors (Lipinski definition) is 1. The highest BCUT2D eigenvalue weighted by molar-refractivity contribution is 5.87. The van der Waals surface area contributed by atoms with E-state index in [-0.39, 0.29) is 11.9 Å². The zero-order valence-corrected chi connectivity index (χ0v) is 13.5. The van der Waals surface area contributed by atoms with E-state index in [1.54, 1.807) is 7.11 Å². The zero-order valence-electron chi connectivity index (χ0n) is 13.5. The standard InChI is InChI=1S/C17H26N2O2/c1-13-9-10-18-11-12-19(13)16(20)17(2,3)14-5-7-15(21-4)8-6-14/h5-8,13,18H,9-12H2,1-4H3. The summed E-state index contributed by atoms with van der Waals surface area (Å²) in [6.07, 6.45) is 1.00. The summed E-state index contributed by atoms with van der Waals surface area (Å²) in [4.78, 5) is 15.0. The van der Waals surface area contributed by atoms with E-state index >= 15 is 0 Å². The Labute approximate surface area is 127 Å². The fraction of sp³-hybridized carbons (Fsp3) is 0.588. The van der Waals surface area contributed by atoms with E-state index in [9.17, 15) is 4.79 Å². The van der Waals surface area contributed by atoms with E-state index in [0.29, 0.717) is 0 Å². The van der Waals surface area contributed by atoms with E-state index < -0.39 is 5.41 Å².